The Morgan fingerprint density at radius 3 is 2.70 bits per heavy atom. The molecule has 1 aromatic rings. The number of carbonyl (C=O) groups excluding carboxylic acids is 2. The zero-order valence-electron chi connectivity index (χ0n) is 13.3. The molecule has 2 amide bonds. The van der Waals surface area contributed by atoms with Crippen molar-refractivity contribution < 1.29 is 9.59 Å². The first-order chi connectivity index (χ1) is 10.6. The van der Waals surface area contributed by atoms with E-state index < -0.39 is 0 Å². The van der Waals surface area contributed by atoms with Crippen LogP contribution in [0, 0.1) is 0 Å². The SMILES string of the molecule is CNC1CCN(C(=O)c2ccc3c(c2)NC(=O)C(C)S3)CC1.Cl. The van der Waals surface area contributed by atoms with Crippen molar-refractivity contribution >= 4 is 41.7 Å². The molecule has 2 aliphatic heterocycles. The number of benzene rings is 1. The van der Waals surface area contributed by atoms with Crippen LogP contribution in [0.25, 0.3) is 0 Å². The van der Waals surface area contributed by atoms with E-state index in [0.717, 1.165) is 36.5 Å². The summed E-state index contributed by atoms with van der Waals surface area (Å²) >= 11 is 1.53. The molecule has 0 saturated carbocycles. The molecular weight excluding hydrogens is 334 g/mol. The van der Waals surface area contributed by atoms with Crippen LogP contribution in [0.2, 0.25) is 0 Å². The normalized spacial score (nSPS) is 21.2. The number of fused-ring (bicyclic) bond motifs is 1. The number of rotatable bonds is 2. The molecule has 1 atom stereocenters. The first-order valence-electron chi connectivity index (χ1n) is 7.66. The second-order valence-corrected chi connectivity index (χ2v) is 7.20. The number of hydrogen-bond donors (Lipinski definition) is 2. The minimum absolute atomic E-state index is 0. The third-order valence-corrected chi connectivity index (χ3v) is 5.53. The largest absolute Gasteiger partial charge is 0.339 e. The van der Waals surface area contributed by atoms with Gasteiger partial charge in [0.25, 0.3) is 5.91 Å². The second kappa shape index (κ2) is 7.55. The number of thioether (sulfide) groups is 1. The van der Waals surface area contributed by atoms with Gasteiger partial charge >= 0.3 is 0 Å². The molecule has 0 radical (unpaired) electrons. The van der Waals surface area contributed by atoms with Gasteiger partial charge in [0.1, 0.15) is 0 Å². The van der Waals surface area contributed by atoms with Crippen molar-refractivity contribution in [2.45, 2.75) is 36.0 Å². The third-order valence-electron chi connectivity index (χ3n) is 4.35. The van der Waals surface area contributed by atoms with Gasteiger partial charge in [-0.3, -0.25) is 9.59 Å². The Morgan fingerprint density at radius 2 is 2.04 bits per heavy atom. The highest BCUT2D eigenvalue weighted by molar-refractivity contribution is 8.00. The van der Waals surface area contributed by atoms with E-state index in [-0.39, 0.29) is 29.5 Å². The Morgan fingerprint density at radius 1 is 1.35 bits per heavy atom. The van der Waals surface area contributed by atoms with Gasteiger partial charge in [-0.25, -0.2) is 0 Å². The van der Waals surface area contributed by atoms with Gasteiger partial charge in [0, 0.05) is 29.6 Å². The number of halogens is 1. The molecule has 1 aromatic carbocycles. The molecule has 1 saturated heterocycles. The molecule has 0 bridgehead atoms. The fourth-order valence-electron chi connectivity index (χ4n) is 2.90. The quantitative estimate of drug-likeness (QED) is 0.855. The summed E-state index contributed by atoms with van der Waals surface area (Å²) in [6.45, 7) is 3.44. The number of amides is 2. The van der Waals surface area contributed by atoms with Crippen molar-refractivity contribution in [3.8, 4) is 0 Å². The third kappa shape index (κ3) is 3.82. The number of nitrogens with one attached hydrogen (secondary N) is 2. The number of anilines is 1. The number of nitrogens with zero attached hydrogens (tertiary/aromatic N) is 1. The molecule has 7 heteroatoms. The van der Waals surface area contributed by atoms with Gasteiger partial charge in [-0.2, -0.15) is 0 Å². The van der Waals surface area contributed by atoms with E-state index in [1.165, 1.54) is 11.8 Å². The van der Waals surface area contributed by atoms with Gasteiger partial charge < -0.3 is 15.5 Å². The van der Waals surface area contributed by atoms with E-state index in [1.54, 1.807) is 6.07 Å². The van der Waals surface area contributed by atoms with Gasteiger partial charge in [-0.05, 0) is 45.0 Å². The van der Waals surface area contributed by atoms with Crippen LogP contribution in [0.5, 0.6) is 0 Å². The van der Waals surface area contributed by atoms with Gasteiger partial charge in [0.15, 0.2) is 0 Å². The minimum Gasteiger partial charge on any atom is -0.339 e. The fourth-order valence-corrected chi connectivity index (χ4v) is 3.83. The summed E-state index contributed by atoms with van der Waals surface area (Å²) in [6, 6.07) is 6.11. The first kappa shape index (κ1) is 18.1. The summed E-state index contributed by atoms with van der Waals surface area (Å²) in [7, 11) is 1.97. The zero-order chi connectivity index (χ0) is 15.7. The molecular formula is C16H22ClN3O2S. The van der Waals surface area contributed by atoms with Crippen LogP contribution < -0.4 is 10.6 Å². The first-order valence-corrected chi connectivity index (χ1v) is 8.54. The van der Waals surface area contributed by atoms with Crippen LogP contribution in [-0.4, -0.2) is 48.1 Å². The lowest BCUT2D eigenvalue weighted by molar-refractivity contribution is -0.115. The molecule has 0 spiro atoms. The van der Waals surface area contributed by atoms with E-state index in [2.05, 4.69) is 10.6 Å². The molecule has 2 aliphatic rings. The maximum Gasteiger partial charge on any atom is 0.253 e. The lowest BCUT2D eigenvalue weighted by atomic mass is 10.0. The van der Waals surface area contributed by atoms with E-state index in [4.69, 9.17) is 0 Å². The van der Waals surface area contributed by atoms with E-state index in [0.29, 0.717) is 11.6 Å². The van der Waals surface area contributed by atoms with Crippen LogP contribution in [-0.2, 0) is 4.79 Å². The molecule has 23 heavy (non-hydrogen) atoms. The maximum absolute atomic E-state index is 12.6. The highest BCUT2D eigenvalue weighted by Crippen LogP contribution is 2.36. The van der Waals surface area contributed by atoms with Gasteiger partial charge in [0.2, 0.25) is 5.91 Å². The Balaban J connectivity index is 0.00000192. The summed E-state index contributed by atoms with van der Waals surface area (Å²) in [5.74, 6) is 0.0483. The number of hydrogen-bond acceptors (Lipinski definition) is 4. The summed E-state index contributed by atoms with van der Waals surface area (Å²) in [5, 5.41) is 6.06. The number of carbonyl (C=O) groups is 2. The molecule has 0 aliphatic carbocycles. The van der Waals surface area contributed by atoms with Gasteiger partial charge in [0.05, 0.1) is 10.9 Å². The highest BCUT2D eigenvalue weighted by atomic mass is 35.5. The predicted molar refractivity (Wildman–Crippen MR) is 95.6 cm³/mol. The summed E-state index contributed by atoms with van der Waals surface area (Å²) < 4.78 is 0. The van der Waals surface area contributed by atoms with Crippen LogP contribution in [0.15, 0.2) is 23.1 Å². The average Bonchev–Trinajstić information content (AvgIpc) is 2.55. The Bertz CT molecular complexity index is 603. The molecule has 1 unspecified atom stereocenters. The topological polar surface area (TPSA) is 61.4 Å². The molecule has 126 valence electrons. The van der Waals surface area contributed by atoms with E-state index in [1.807, 2.05) is 31.0 Å². The lowest BCUT2D eigenvalue weighted by Gasteiger charge is -2.32. The zero-order valence-corrected chi connectivity index (χ0v) is 14.9. The summed E-state index contributed by atoms with van der Waals surface area (Å²) in [5.41, 5.74) is 1.40. The minimum atomic E-state index is -0.0883. The van der Waals surface area contributed by atoms with Crippen LogP contribution in [0.4, 0.5) is 5.69 Å². The Hall–Kier alpha value is -1.24. The van der Waals surface area contributed by atoms with E-state index in [9.17, 15) is 9.59 Å². The van der Waals surface area contributed by atoms with Gasteiger partial charge in [-0.1, -0.05) is 0 Å². The Labute approximate surface area is 147 Å². The van der Waals surface area contributed by atoms with Crippen molar-refractivity contribution in [2.24, 2.45) is 0 Å². The standard InChI is InChI=1S/C16H21N3O2S.ClH/c1-10-15(20)18-13-9-11(3-4-14(13)22-10)16(21)19-7-5-12(17-2)6-8-19;/h3-4,9-10,12,17H,5-8H2,1-2H3,(H,18,20);1H. The summed E-state index contributed by atoms with van der Waals surface area (Å²) in [6.07, 6.45) is 1.97. The van der Waals surface area contributed by atoms with Crippen molar-refractivity contribution in [3.63, 3.8) is 0 Å². The maximum atomic E-state index is 12.6. The predicted octanol–water partition coefficient (Wildman–Crippen LogP) is 2.37. The van der Waals surface area contributed by atoms with E-state index >= 15 is 0 Å². The molecule has 5 nitrogen and oxygen atoms in total. The number of piperidine rings is 1. The smallest absolute Gasteiger partial charge is 0.253 e. The van der Waals surface area contributed by atoms with Crippen molar-refractivity contribution in [1.82, 2.24) is 10.2 Å². The lowest BCUT2D eigenvalue weighted by Crippen LogP contribution is -2.44. The van der Waals surface area contributed by atoms with Crippen LogP contribution in [0.1, 0.15) is 30.1 Å². The highest BCUT2D eigenvalue weighted by Gasteiger charge is 2.26. The monoisotopic (exact) mass is 355 g/mol. The molecule has 3 rings (SSSR count). The second-order valence-electron chi connectivity index (χ2n) is 5.82. The average molecular weight is 356 g/mol. The van der Waals surface area contributed by atoms with Crippen LogP contribution >= 0.6 is 24.2 Å². The number of likely N-dealkylation sites (tertiary alicyclic amines) is 1. The van der Waals surface area contributed by atoms with Crippen molar-refractivity contribution in [2.75, 3.05) is 25.5 Å². The fraction of sp³-hybridized carbons (Fsp3) is 0.500. The molecule has 2 heterocycles. The molecule has 2 N–H and O–H groups in total. The molecule has 0 aromatic heterocycles. The Kier molecular flexibility index (Phi) is 5.95. The van der Waals surface area contributed by atoms with Crippen molar-refractivity contribution in [3.05, 3.63) is 23.8 Å². The van der Waals surface area contributed by atoms with Crippen molar-refractivity contribution in [1.29, 1.82) is 0 Å². The van der Waals surface area contributed by atoms with Crippen LogP contribution in [0.3, 0.4) is 0 Å². The molecule has 1 fully saturated rings. The van der Waals surface area contributed by atoms with Gasteiger partial charge in [-0.15, -0.1) is 24.2 Å². The summed E-state index contributed by atoms with van der Waals surface area (Å²) in [4.78, 5) is 27.3.